The topological polar surface area (TPSA) is 118 Å². The van der Waals surface area contributed by atoms with Crippen LogP contribution >= 0.6 is 0 Å². The van der Waals surface area contributed by atoms with Gasteiger partial charge in [0.15, 0.2) is 0 Å². The molecule has 6 atom stereocenters. The molecule has 9 heteroatoms. The molecule has 0 aromatic rings. The Morgan fingerprint density at radius 1 is 1.07 bits per heavy atom. The Hall–Kier alpha value is -2.03. The molecule has 27 heavy (non-hydrogen) atoms. The van der Waals surface area contributed by atoms with Gasteiger partial charge in [-0.15, -0.1) is 0 Å². The summed E-state index contributed by atoms with van der Waals surface area (Å²) in [5.74, 6) is -6.50. The monoisotopic (exact) mass is 397 g/mol. The van der Waals surface area contributed by atoms with Crippen LogP contribution in [0.4, 0.5) is 0 Å². The first-order chi connectivity index (χ1) is 12.6. The molecule has 1 saturated heterocycles. The number of carboxylic acids is 1. The van der Waals surface area contributed by atoms with Crippen molar-refractivity contribution < 1.29 is 33.8 Å². The molecule has 0 unspecified atom stereocenters. The standard InChI is InChI=1S/C18H27NO7Si/c1-26-18(25)12-6-5-7-19(12)16(22)13-10(8-20)15(27(2,3)4)11(9-21)14(13)17(23)24/h8-15H,5-7H2,1-4H3,(H,23,24)/t10-,11+,12+,13-,14+,15+/m1/s1. The van der Waals surface area contributed by atoms with Crippen LogP contribution in [0.3, 0.4) is 0 Å². The number of nitrogens with zero attached hydrogens (tertiary/aromatic N) is 1. The minimum Gasteiger partial charge on any atom is -0.481 e. The fourth-order valence-corrected chi connectivity index (χ4v) is 7.80. The van der Waals surface area contributed by atoms with Gasteiger partial charge in [-0.3, -0.25) is 9.59 Å². The van der Waals surface area contributed by atoms with Crippen LogP contribution in [0.5, 0.6) is 0 Å². The van der Waals surface area contributed by atoms with Crippen LogP contribution in [-0.2, 0) is 28.7 Å². The van der Waals surface area contributed by atoms with Crippen LogP contribution in [-0.4, -0.2) is 68.2 Å². The number of carbonyl (C=O) groups is 5. The van der Waals surface area contributed by atoms with Gasteiger partial charge in [0.25, 0.3) is 0 Å². The average molecular weight is 398 g/mol. The molecule has 1 saturated carbocycles. The summed E-state index contributed by atoms with van der Waals surface area (Å²) in [6.07, 6.45) is 2.25. The number of rotatable bonds is 6. The summed E-state index contributed by atoms with van der Waals surface area (Å²) in [4.78, 5) is 62.3. The van der Waals surface area contributed by atoms with Crippen LogP contribution in [0.15, 0.2) is 0 Å². The molecule has 2 rings (SSSR count). The second-order valence-electron chi connectivity index (χ2n) is 8.42. The molecule has 2 aliphatic rings. The number of methoxy groups -OCH3 is 1. The number of carbonyl (C=O) groups excluding carboxylic acids is 4. The lowest BCUT2D eigenvalue weighted by Crippen LogP contribution is -2.47. The number of ether oxygens (including phenoxy) is 1. The number of esters is 1. The lowest BCUT2D eigenvalue weighted by molar-refractivity contribution is -0.157. The summed E-state index contributed by atoms with van der Waals surface area (Å²) < 4.78 is 4.75. The van der Waals surface area contributed by atoms with E-state index in [1.807, 2.05) is 19.6 Å². The zero-order valence-corrected chi connectivity index (χ0v) is 17.1. The molecule has 0 aromatic carbocycles. The molecule has 1 aliphatic heterocycles. The van der Waals surface area contributed by atoms with Gasteiger partial charge in [0.2, 0.25) is 5.91 Å². The minimum atomic E-state index is -2.14. The molecule has 1 aliphatic carbocycles. The van der Waals surface area contributed by atoms with Gasteiger partial charge in [-0.05, 0) is 18.4 Å². The van der Waals surface area contributed by atoms with E-state index in [2.05, 4.69) is 0 Å². The van der Waals surface area contributed by atoms with Crippen LogP contribution < -0.4 is 0 Å². The summed E-state index contributed by atoms with van der Waals surface area (Å²) in [5, 5.41) is 9.77. The third-order valence-electron chi connectivity index (χ3n) is 5.94. The Kier molecular flexibility index (Phi) is 6.23. The highest BCUT2D eigenvalue weighted by atomic mass is 28.3. The SMILES string of the molecule is COC(=O)[C@@H]1CCCN1C(=O)[C@@H]1[C@@H](C=O)[C@H]([Si](C)(C)C)[C@@H](C=O)[C@@H]1C(=O)O. The maximum absolute atomic E-state index is 13.3. The fourth-order valence-electron chi connectivity index (χ4n) is 4.91. The number of aliphatic carboxylic acids is 1. The van der Waals surface area contributed by atoms with E-state index in [0.717, 1.165) is 0 Å². The molecule has 1 heterocycles. The van der Waals surface area contributed by atoms with Crippen molar-refractivity contribution >= 4 is 38.5 Å². The predicted octanol–water partition coefficient (Wildman–Crippen LogP) is 0.820. The second kappa shape index (κ2) is 7.91. The molecule has 0 aromatic heterocycles. The molecule has 1 N–H and O–H groups in total. The van der Waals surface area contributed by atoms with Gasteiger partial charge in [-0.25, -0.2) is 4.79 Å². The zero-order valence-electron chi connectivity index (χ0n) is 16.1. The van der Waals surface area contributed by atoms with Crippen molar-refractivity contribution in [3.8, 4) is 0 Å². The Balaban J connectivity index is 2.49. The first kappa shape index (κ1) is 21.3. The van der Waals surface area contributed by atoms with Crippen molar-refractivity contribution in [1.82, 2.24) is 4.90 Å². The van der Waals surface area contributed by atoms with Gasteiger partial charge in [-0.1, -0.05) is 19.6 Å². The number of hydrogen-bond acceptors (Lipinski definition) is 6. The minimum absolute atomic E-state index is 0.302. The first-order valence-corrected chi connectivity index (χ1v) is 12.7. The Bertz CT molecular complexity index is 644. The fraction of sp³-hybridized carbons (Fsp3) is 0.722. The zero-order chi connectivity index (χ0) is 20.5. The molecule has 8 nitrogen and oxygen atoms in total. The van der Waals surface area contributed by atoms with Crippen LogP contribution in [0, 0.1) is 23.7 Å². The number of hydrogen-bond donors (Lipinski definition) is 1. The molecule has 0 spiro atoms. The second-order valence-corrected chi connectivity index (χ2v) is 13.8. The maximum Gasteiger partial charge on any atom is 0.328 e. The van der Waals surface area contributed by atoms with E-state index < -0.39 is 61.2 Å². The number of carboxylic acid groups (broad SMARTS) is 1. The van der Waals surface area contributed by atoms with Crippen molar-refractivity contribution in [2.75, 3.05) is 13.7 Å². The Morgan fingerprint density at radius 3 is 2.07 bits per heavy atom. The third kappa shape index (κ3) is 3.69. The molecular weight excluding hydrogens is 370 g/mol. The van der Waals surface area contributed by atoms with Gasteiger partial charge in [0.05, 0.1) is 18.9 Å². The van der Waals surface area contributed by atoms with E-state index in [1.165, 1.54) is 12.0 Å². The third-order valence-corrected chi connectivity index (χ3v) is 8.71. The largest absolute Gasteiger partial charge is 0.481 e. The van der Waals surface area contributed by atoms with Crippen LogP contribution in [0.25, 0.3) is 0 Å². The van der Waals surface area contributed by atoms with E-state index in [0.29, 0.717) is 32.0 Å². The molecule has 2 fully saturated rings. The lowest BCUT2D eigenvalue weighted by Gasteiger charge is -2.32. The number of amides is 1. The van der Waals surface area contributed by atoms with E-state index in [1.54, 1.807) is 0 Å². The summed E-state index contributed by atoms with van der Waals surface area (Å²) >= 11 is 0. The highest BCUT2D eigenvalue weighted by Crippen LogP contribution is 2.53. The van der Waals surface area contributed by atoms with Crippen molar-refractivity contribution in [2.45, 2.75) is 44.1 Å². The lowest BCUT2D eigenvalue weighted by atomic mass is 9.86. The van der Waals surface area contributed by atoms with Crippen LogP contribution in [0.1, 0.15) is 12.8 Å². The van der Waals surface area contributed by atoms with Gasteiger partial charge in [0.1, 0.15) is 18.6 Å². The van der Waals surface area contributed by atoms with E-state index >= 15 is 0 Å². The summed E-state index contributed by atoms with van der Waals surface area (Å²) in [5.41, 5.74) is -0.443. The molecule has 1 amide bonds. The van der Waals surface area contributed by atoms with Gasteiger partial charge in [-0.2, -0.15) is 0 Å². The highest BCUT2D eigenvalue weighted by molar-refractivity contribution is 6.78. The van der Waals surface area contributed by atoms with E-state index in [-0.39, 0.29) is 0 Å². The predicted molar refractivity (Wildman–Crippen MR) is 97.6 cm³/mol. The maximum atomic E-state index is 13.3. The van der Waals surface area contributed by atoms with Gasteiger partial charge in [0, 0.05) is 26.5 Å². The van der Waals surface area contributed by atoms with E-state index in [4.69, 9.17) is 4.74 Å². The summed E-state index contributed by atoms with van der Waals surface area (Å²) in [6.45, 7) is 6.19. The van der Waals surface area contributed by atoms with Gasteiger partial charge >= 0.3 is 11.9 Å². The molecule has 150 valence electrons. The van der Waals surface area contributed by atoms with Crippen molar-refractivity contribution in [3.63, 3.8) is 0 Å². The molecule has 0 radical (unpaired) electrons. The van der Waals surface area contributed by atoms with Crippen molar-refractivity contribution in [3.05, 3.63) is 0 Å². The van der Waals surface area contributed by atoms with Crippen molar-refractivity contribution in [1.29, 1.82) is 0 Å². The molecule has 0 bridgehead atoms. The average Bonchev–Trinajstić information content (AvgIpc) is 3.21. The van der Waals surface area contributed by atoms with E-state index in [9.17, 15) is 29.1 Å². The summed E-state index contributed by atoms with van der Waals surface area (Å²) in [7, 11) is -0.908. The number of likely N-dealkylation sites (tertiary alicyclic amines) is 1. The number of aldehydes is 2. The summed E-state index contributed by atoms with van der Waals surface area (Å²) in [6, 6.07) is -0.773. The first-order valence-electron chi connectivity index (χ1n) is 9.11. The highest BCUT2D eigenvalue weighted by Gasteiger charge is 2.61. The van der Waals surface area contributed by atoms with Crippen molar-refractivity contribution in [2.24, 2.45) is 23.7 Å². The smallest absolute Gasteiger partial charge is 0.328 e. The normalized spacial score (nSPS) is 33.6. The van der Waals surface area contributed by atoms with Crippen LogP contribution in [0.2, 0.25) is 25.2 Å². The molecular formula is C18H27NO7Si. The quantitative estimate of drug-likeness (QED) is 0.400. The Morgan fingerprint density at radius 2 is 1.63 bits per heavy atom. The Labute approximate surface area is 159 Å². The van der Waals surface area contributed by atoms with Gasteiger partial charge < -0.3 is 24.3 Å².